The minimum atomic E-state index is -0.875. The number of fused-ring (bicyclic) bond motifs is 1. The minimum Gasteiger partial charge on any atom is -0.360 e. The number of carbonyl (C=O) groups is 2. The van der Waals surface area contributed by atoms with Crippen LogP contribution in [-0.2, 0) is 20.9 Å². The van der Waals surface area contributed by atoms with Crippen molar-refractivity contribution in [1.82, 2.24) is 10.3 Å². The summed E-state index contributed by atoms with van der Waals surface area (Å²) in [6.45, 7) is 0.529. The molecule has 7 heteroatoms. The van der Waals surface area contributed by atoms with Gasteiger partial charge in [-0.1, -0.05) is 30.4 Å². The Bertz CT molecular complexity index is 980. The molecule has 0 unspecified atom stereocenters. The molecule has 0 radical (unpaired) electrons. The van der Waals surface area contributed by atoms with Crippen molar-refractivity contribution >= 4 is 17.5 Å². The summed E-state index contributed by atoms with van der Waals surface area (Å²) in [7, 11) is 0. The molecule has 4 atom stereocenters. The molecule has 0 aliphatic carbocycles. The van der Waals surface area contributed by atoms with Gasteiger partial charge in [0.15, 0.2) is 0 Å². The molecule has 1 aromatic carbocycles. The van der Waals surface area contributed by atoms with Gasteiger partial charge in [0.1, 0.15) is 11.4 Å². The zero-order valence-corrected chi connectivity index (χ0v) is 14.9. The second-order valence-corrected chi connectivity index (χ2v) is 7.35. The van der Waals surface area contributed by atoms with Crippen molar-refractivity contribution in [1.29, 1.82) is 0 Å². The monoisotopic (exact) mass is 379 g/mol. The first-order valence-corrected chi connectivity index (χ1v) is 9.19. The van der Waals surface area contributed by atoms with E-state index < -0.39 is 29.4 Å². The van der Waals surface area contributed by atoms with Gasteiger partial charge in [-0.15, -0.1) is 0 Å². The van der Waals surface area contributed by atoms with Gasteiger partial charge >= 0.3 is 0 Å². The van der Waals surface area contributed by atoms with Crippen LogP contribution in [0.4, 0.5) is 10.1 Å². The number of aromatic nitrogens is 1. The number of nitrogens with one attached hydrogen (secondary N) is 1. The number of halogens is 1. The molecule has 1 aromatic heterocycles. The Hall–Kier alpha value is -3.06. The molecule has 2 fully saturated rings. The summed E-state index contributed by atoms with van der Waals surface area (Å²) in [6.07, 6.45) is 6.60. The Labute approximate surface area is 161 Å². The fourth-order valence-electron chi connectivity index (χ4n) is 4.48. The number of ether oxygens (including phenoxy) is 1. The van der Waals surface area contributed by atoms with Crippen LogP contribution in [0.2, 0.25) is 0 Å². The Morgan fingerprint density at radius 3 is 2.96 bits per heavy atom. The molecule has 1 spiro atoms. The molecule has 2 saturated heterocycles. The zero-order valence-electron chi connectivity index (χ0n) is 14.9. The number of pyridine rings is 1. The normalized spacial score (nSPS) is 30.0. The zero-order chi connectivity index (χ0) is 19.3. The van der Waals surface area contributed by atoms with E-state index >= 15 is 0 Å². The first-order chi connectivity index (χ1) is 13.6. The van der Waals surface area contributed by atoms with Crippen LogP contribution in [-0.4, -0.2) is 35.0 Å². The Morgan fingerprint density at radius 1 is 1.32 bits per heavy atom. The third-order valence-electron chi connectivity index (χ3n) is 5.74. The summed E-state index contributed by atoms with van der Waals surface area (Å²) in [5.41, 5.74) is 0.211. The second-order valence-electron chi connectivity index (χ2n) is 7.35. The van der Waals surface area contributed by atoms with Crippen LogP contribution in [0.1, 0.15) is 5.56 Å². The van der Waals surface area contributed by atoms with Gasteiger partial charge in [0.2, 0.25) is 11.8 Å². The molecular formula is C21H18FN3O3. The van der Waals surface area contributed by atoms with Crippen molar-refractivity contribution < 1.29 is 18.7 Å². The van der Waals surface area contributed by atoms with Gasteiger partial charge in [0, 0.05) is 18.9 Å². The highest BCUT2D eigenvalue weighted by molar-refractivity contribution is 6.03. The van der Waals surface area contributed by atoms with Gasteiger partial charge in [0.25, 0.3) is 0 Å². The summed E-state index contributed by atoms with van der Waals surface area (Å²) in [4.78, 5) is 31.5. The number of hydrogen-bond donors (Lipinski definition) is 1. The van der Waals surface area contributed by atoms with Crippen molar-refractivity contribution in [3.05, 3.63) is 72.3 Å². The number of para-hydroxylation sites is 1. The van der Waals surface area contributed by atoms with E-state index in [2.05, 4.69) is 10.3 Å². The highest BCUT2D eigenvalue weighted by Gasteiger charge is 2.67. The maximum absolute atomic E-state index is 14.3. The Morgan fingerprint density at radius 2 is 2.18 bits per heavy atom. The molecule has 6 nitrogen and oxygen atoms in total. The average molecular weight is 379 g/mol. The maximum atomic E-state index is 14.3. The molecule has 3 aliphatic rings. The SMILES string of the molecule is O=C(NCc1cccnc1)[C@@H]1[C@H]2C(=O)N(c3ccccc3F)C[C@]23C=C[C@H]1O3. The molecule has 3 aliphatic heterocycles. The van der Waals surface area contributed by atoms with E-state index in [1.807, 2.05) is 18.2 Å². The first kappa shape index (κ1) is 17.1. The Balaban J connectivity index is 1.40. The summed E-state index contributed by atoms with van der Waals surface area (Å²) < 4.78 is 20.3. The van der Waals surface area contributed by atoms with Crippen molar-refractivity contribution in [2.75, 3.05) is 11.4 Å². The lowest BCUT2D eigenvalue weighted by Gasteiger charge is -2.23. The average Bonchev–Trinajstić information content (AvgIpc) is 3.36. The number of anilines is 1. The summed E-state index contributed by atoms with van der Waals surface area (Å²) in [5, 5.41) is 2.88. The molecule has 1 N–H and O–H groups in total. The standard InChI is InChI=1S/C21H18FN3O3/c22-14-5-1-2-6-15(14)25-12-21-8-7-16(28-21)17(18(21)20(25)27)19(26)24-11-13-4-3-9-23-10-13/h1-10,16-18H,11-12H2,(H,24,26)/t16-,17+,18+,21-/m1/s1. The van der Waals surface area contributed by atoms with Gasteiger partial charge in [-0.3, -0.25) is 14.6 Å². The molecule has 2 amide bonds. The van der Waals surface area contributed by atoms with Crippen molar-refractivity contribution in [2.45, 2.75) is 18.2 Å². The molecule has 2 aromatic rings. The van der Waals surface area contributed by atoms with E-state index in [-0.39, 0.29) is 24.0 Å². The largest absolute Gasteiger partial charge is 0.360 e. The van der Waals surface area contributed by atoms with Gasteiger partial charge in [-0.25, -0.2) is 4.39 Å². The molecule has 142 valence electrons. The lowest BCUT2D eigenvalue weighted by Crippen LogP contribution is -2.44. The predicted molar refractivity (Wildman–Crippen MR) is 98.6 cm³/mol. The van der Waals surface area contributed by atoms with E-state index in [4.69, 9.17) is 4.74 Å². The quantitative estimate of drug-likeness (QED) is 0.823. The van der Waals surface area contributed by atoms with Gasteiger partial charge in [0.05, 0.1) is 30.2 Å². The number of nitrogens with zero attached hydrogens (tertiary/aromatic N) is 2. The number of amides is 2. The third-order valence-corrected chi connectivity index (χ3v) is 5.74. The van der Waals surface area contributed by atoms with Crippen LogP contribution in [0.15, 0.2) is 60.9 Å². The highest BCUT2D eigenvalue weighted by atomic mass is 19.1. The second kappa shape index (κ2) is 6.24. The summed E-state index contributed by atoms with van der Waals surface area (Å²) >= 11 is 0. The van der Waals surface area contributed by atoms with E-state index in [1.54, 1.807) is 36.7 Å². The van der Waals surface area contributed by atoms with Crippen LogP contribution in [0.3, 0.4) is 0 Å². The third kappa shape index (κ3) is 2.46. The van der Waals surface area contributed by atoms with Crippen molar-refractivity contribution in [3.63, 3.8) is 0 Å². The van der Waals surface area contributed by atoms with Crippen LogP contribution < -0.4 is 10.2 Å². The highest BCUT2D eigenvalue weighted by Crippen LogP contribution is 2.52. The molecular weight excluding hydrogens is 361 g/mol. The van der Waals surface area contributed by atoms with Gasteiger partial charge in [-0.05, 0) is 23.8 Å². The lowest BCUT2D eigenvalue weighted by atomic mass is 9.77. The lowest BCUT2D eigenvalue weighted by molar-refractivity contribution is -0.132. The molecule has 0 saturated carbocycles. The van der Waals surface area contributed by atoms with Crippen molar-refractivity contribution in [3.8, 4) is 0 Å². The molecule has 2 bridgehead atoms. The number of benzene rings is 1. The first-order valence-electron chi connectivity index (χ1n) is 9.19. The number of hydrogen-bond acceptors (Lipinski definition) is 4. The van der Waals surface area contributed by atoms with E-state index in [9.17, 15) is 14.0 Å². The van der Waals surface area contributed by atoms with E-state index in [0.717, 1.165) is 5.56 Å². The number of rotatable bonds is 4. The van der Waals surface area contributed by atoms with E-state index in [0.29, 0.717) is 6.54 Å². The maximum Gasteiger partial charge on any atom is 0.234 e. The van der Waals surface area contributed by atoms with Crippen LogP contribution in [0.5, 0.6) is 0 Å². The van der Waals surface area contributed by atoms with Crippen LogP contribution in [0.25, 0.3) is 0 Å². The minimum absolute atomic E-state index is 0.205. The van der Waals surface area contributed by atoms with Crippen molar-refractivity contribution in [2.24, 2.45) is 11.8 Å². The predicted octanol–water partition coefficient (Wildman–Crippen LogP) is 1.82. The van der Waals surface area contributed by atoms with E-state index in [1.165, 1.54) is 11.0 Å². The fraction of sp³-hybridized carbons (Fsp3) is 0.286. The molecule has 28 heavy (non-hydrogen) atoms. The van der Waals surface area contributed by atoms with Crippen LogP contribution >= 0.6 is 0 Å². The smallest absolute Gasteiger partial charge is 0.234 e. The number of carbonyl (C=O) groups excluding carboxylic acids is 2. The van der Waals surface area contributed by atoms with Gasteiger partial charge < -0.3 is 15.0 Å². The summed E-state index contributed by atoms with van der Waals surface area (Å²) in [5.74, 6) is -2.28. The Kier molecular flexibility index (Phi) is 3.80. The molecule has 5 rings (SSSR count). The molecule has 4 heterocycles. The fourth-order valence-corrected chi connectivity index (χ4v) is 4.48. The summed E-state index contributed by atoms with van der Waals surface area (Å²) in [6, 6.07) is 9.82. The topological polar surface area (TPSA) is 71.5 Å². The van der Waals surface area contributed by atoms with Gasteiger partial charge in [-0.2, -0.15) is 0 Å². The van der Waals surface area contributed by atoms with Crippen LogP contribution in [0, 0.1) is 17.7 Å².